The SMILES string of the molecule is CC(C)c1ccc([C@]2(C)NC(=O)N(CC(=O)NC3CCCC3)C2=O)cc1. The van der Waals surface area contributed by atoms with Gasteiger partial charge in [-0.15, -0.1) is 0 Å². The lowest BCUT2D eigenvalue weighted by molar-refractivity contribution is -0.135. The first-order valence-electron chi connectivity index (χ1n) is 9.35. The molecule has 6 nitrogen and oxygen atoms in total. The predicted octanol–water partition coefficient (Wildman–Crippen LogP) is 2.64. The summed E-state index contributed by atoms with van der Waals surface area (Å²) in [5, 5.41) is 5.67. The van der Waals surface area contributed by atoms with Crippen molar-refractivity contribution in [3.05, 3.63) is 35.4 Å². The van der Waals surface area contributed by atoms with Crippen LogP contribution in [0.4, 0.5) is 4.79 Å². The van der Waals surface area contributed by atoms with Crippen LogP contribution in [0.15, 0.2) is 24.3 Å². The van der Waals surface area contributed by atoms with E-state index in [0.29, 0.717) is 5.92 Å². The Labute approximate surface area is 154 Å². The molecule has 0 radical (unpaired) electrons. The molecule has 1 aliphatic carbocycles. The maximum atomic E-state index is 12.9. The zero-order valence-electron chi connectivity index (χ0n) is 15.7. The van der Waals surface area contributed by atoms with Crippen molar-refractivity contribution in [3.8, 4) is 0 Å². The number of urea groups is 1. The molecule has 6 heteroatoms. The van der Waals surface area contributed by atoms with Gasteiger partial charge in [0.2, 0.25) is 5.91 Å². The van der Waals surface area contributed by atoms with Crippen LogP contribution in [-0.4, -0.2) is 35.3 Å². The number of carbonyl (C=O) groups excluding carboxylic acids is 3. The second-order valence-electron chi connectivity index (χ2n) is 7.77. The summed E-state index contributed by atoms with van der Waals surface area (Å²) >= 11 is 0. The number of nitrogens with one attached hydrogen (secondary N) is 2. The molecule has 2 aliphatic rings. The minimum absolute atomic E-state index is 0.165. The number of hydrogen-bond acceptors (Lipinski definition) is 3. The maximum absolute atomic E-state index is 12.9. The van der Waals surface area contributed by atoms with Crippen molar-refractivity contribution in [2.24, 2.45) is 0 Å². The smallest absolute Gasteiger partial charge is 0.325 e. The normalized spacial score (nSPS) is 23.6. The molecule has 1 heterocycles. The molecule has 1 atom stereocenters. The number of imide groups is 1. The average Bonchev–Trinajstić information content (AvgIpc) is 3.18. The van der Waals surface area contributed by atoms with Crippen LogP contribution in [0.2, 0.25) is 0 Å². The Morgan fingerprint density at radius 1 is 1.23 bits per heavy atom. The molecule has 1 aliphatic heterocycles. The number of benzene rings is 1. The first-order valence-corrected chi connectivity index (χ1v) is 9.35. The van der Waals surface area contributed by atoms with Crippen molar-refractivity contribution in [2.45, 2.75) is 64.0 Å². The Bertz CT molecular complexity index is 708. The van der Waals surface area contributed by atoms with Crippen molar-refractivity contribution in [1.29, 1.82) is 0 Å². The second-order valence-corrected chi connectivity index (χ2v) is 7.77. The van der Waals surface area contributed by atoms with E-state index in [-0.39, 0.29) is 24.4 Å². The summed E-state index contributed by atoms with van der Waals surface area (Å²) in [7, 11) is 0. The molecule has 1 saturated carbocycles. The highest BCUT2D eigenvalue weighted by Crippen LogP contribution is 2.30. The van der Waals surface area contributed by atoms with Crippen molar-refractivity contribution >= 4 is 17.8 Å². The fraction of sp³-hybridized carbons (Fsp3) is 0.550. The highest BCUT2D eigenvalue weighted by atomic mass is 16.2. The zero-order valence-corrected chi connectivity index (χ0v) is 15.7. The van der Waals surface area contributed by atoms with Gasteiger partial charge < -0.3 is 10.6 Å². The Hall–Kier alpha value is -2.37. The minimum Gasteiger partial charge on any atom is -0.352 e. The quantitative estimate of drug-likeness (QED) is 0.795. The second kappa shape index (κ2) is 7.09. The van der Waals surface area contributed by atoms with E-state index in [1.807, 2.05) is 24.3 Å². The molecule has 0 spiro atoms. The molecule has 2 fully saturated rings. The van der Waals surface area contributed by atoms with Crippen LogP contribution in [0.5, 0.6) is 0 Å². The fourth-order valence-corrected chi connectivity index (χ4v) is 3.72. The number of carbonyl (C=O) groups is 3. The van der Waals surface area contributed by atoms with Crippen LogP contribution >= 0.6 is 0 Å². The van der Waals surface area contributed by atoms with Gasteiger partial charge in [0.05, 0.1) is 0 Å². The largest absolute Gasteiger partial charge is 0.352 e. The summed E-state index contributed by atoms with van der Waals surface area (Å²) in [5.74, 6) is -0.275. The lowest BCUT2D eigenvalue weighted by Gasteiger charge is -2.23. The number of rotatable bonds is 5. The van der Waals surface area contributed by atoms with Crippen LogP contribution in [0, 0.1) is 0 Å². The van der Waals surface area contributed by atoms with Gasteiger partial charge in [0, 0.05) is 6.04 Å². The average molecular weight is 357 g/mol. The minimum atomic E-state index is -1.14. The molecule has 4 amide bonds. The van der Waals surface area contributed by atoms with E-state index in [1.165, 1.54) is 5.56 Å². The topological polar surface area (TPSA) is 78.5 Å². The van der Waals surface area contributed by atoms with E-state index in [9.17, 15) is 14.4 Å². The Kier molecular flexibility index (Phi) is 5.03. The summed E-state index contributed by atoms with van der Waals surface area (Å²) in [6.07, 6.45) is 4.15. The molecule has 1 saturated heterocycles. The number of hydrogen-bond donors (Lipinski definition) is 2. The van der Waals surface area contributed by atoms with Gasteiger partial charge in [-0.05, 0) is 36.8 Å². The van der Waals surface area contributed by atoms with Crippen LogP contribution in [0.1, 0.15) is 63.5 Å². The number of nitrogens with zero attached hydrogens (tertiary/aromatic N) is 1. The van der Waals surface area contributed by atoms with E-state index in [4.69, 9.17) is 0 Å². The highest BCUT2D eigenvalue weighted by molar-refractivity contribution is 6.09. The van der Waals surface area contributed by atoms with E-state index >= 15 is 0 Å². The standard InChI is InChI=1S/C20H27N3O3/c1-13(2)14-8-10-15(11-9-14)20(3)18(25)23(19(26)22-20)12-17(24)21-16-6-4-5-7-16/h8-11,13,16H,4-7,12H2,1-3H3,(H,21,24)(H,22,26)/t20-/m0/s1. The van der Waals surface area contributed by atoms with Crippen LogP contribution < -0.4 is 10.6 Å². The van der Waals surface area contributed by atoms with Gasteiger partial charge in [0.15, 0.2) is 0 Å². The molecule has 0 unspecified atom stereocenters. The van der Waals surface area contributed by atoms with E-state index in [0.717, 1.165) is 36.1 Å². The molecular formula is C20H27N3O3. The Morgan fingerprint density at radius 2 is 1.85 bits per heavy atom. The summed E-state index contributed by atoms with van der Waals surface area (Å²) in [4.78, 5) is 38.5. The first-order chi connectivity index (χ1) is 12.3. The molecule has 1 aromatic rings. The molecule has 140 valence electrons. The first kappa shape index (κ1) is 18.4. The van der Waals surface area contributed by atoms with Gasteiger partial charge in [-0.1, -0.05) is 51.0 Å². The lowest BCUT2D eigenvalue weighted by Crippen LogP contribution is -2.45. The van der Waals surface area contributed by atoms with E-state index in [2.05, 4.69) is 24.5 Å². The zero-order chi connectivity index (χ0) is 18.9. The monoisotopic (exact) mass is 357 g/mol. The molecule has 26 heavy (non-hydrogen) atoms. The summed E-state index contributed by atoms with van der Waals surface area (Å²) in [6.45, 7) is 5.65. The third kappa shape index (κ3) is 3.45. The fourth-order valence-electron chi connectivity index (χ4n) is 3.72. The molecule has 0 bridgehead atoms. The van der Waals surface area contributed by atoms with Gasteiger partial charge in [-0.25, -0.2) is 4.79 Å². The number of amides is 4. The lowest BCUT2D eigenvalue weighted by atomic mass is 9.90. The van der Waals surface area contributed by atoms with Gasteiger partial charge in [-0.3, -0.25) is 14.5 Å². The van der Waals surface area contributed by atoms with Crippen molar-refractivity contribution in [3.63, 3.8) is 0 Å². The van der Waals surface area contributed by atoms with Gasteiger partial charge in [0.1, 0.15) is 12.1 Å². The summed E-state index contributed by atoms with van der Waals surface area (Å²) in [6, 6.07) is 7.33. The predicted molar refractivity (Wildman–Crippen MR) is 98.5 cm³/mol. The third-order valence-electron chi connectivity index (χ3n) is 5.45. The molecule has 1 aromatic carbocycles. The van der Waals surface area contributed by atoms with E-state index in [1.54, 1.807) is 6.92 Å². The Balaban J connectivity index is 1.71. The Morgan fingerprint density at radius 3 is 2.42 bits per heavy atom. The molecule has 0 aromatic heterocycles. The van der Waals surface area contributed by atoms with Gasteiger partial charge >= 0.3 is 6.03 Å². The van der Waals surface area contributed by atoms with Crippen LogP contribution in [0.3, 0.4) is 0 Å². The highest BCUT2D eigenvalue weighted by Gasteiger charge is 2.49. The maximum Gasteiger partial charge on any atom is 0.325 e. The molecular weight excluding hydrogens is 330 g/mol. The van der Waals surface area contributed by atoms with E-state index < -0.39 is 11.6 Å². The molecule has 3 rings (SSSR count). The van der Waals surface area contributed by atoms with Gasteiger partial charge in [-0.2, -0.15) is 0 Å². The third-order valence-corrected chi connectivity index (χ3v) is 5.45. The van der Waals surface area contributed by atoms with Crippen molar-refractivity contribution in [1.82, 2.24) is 15.5 Å². The van der Waals surface area contributed by atoms with Gasteiger partial charge in [0.25, 0.3) is 5.91 Å². The molecule has 2 N–H and O–H groups in total. The summed E-state index contributed by atoms with van der Waals surface area (Å²) in [5.41, 5.74) is 0.751. The van der Waals surface area contributed by atoms with Crippen LogP contribution in [-0.2, 0) is 15.1 Å². The summed E-state index contributed by atoms with van der Waals surface area (Å²) < 4.78 is 0. The van der Waals surface area contributed by atoms with Crippen molar-refractivity contribution < 1.29 is 14.4 Å². The van der Waals surface area contributed by atoms with Crippen LogP contribution in [0.25, 0.3) is 0 Å². The van der Waals surface area contributed by atoms with Crippen molar-refractivity contribution in [2.75, 3.05) is 6.54 Å².